The predicted molar refractivity (Wildman–Crippen MR) is 106 cm³/mol. The molecule has 2 aromatic carbocycles. The van der Waals surface area contributed by atoms with E-state index in [4.69, 9.17) is 9.47 Å². The van der Waals surface area contributed by atoms with Crippen LogP contribution in [-0.4, -0.2) is 44.2 Å². The monoisotopic (exact) mass is 386 g/mol. The molecule has 3 rings (SSSR count). The lowest BCUT2D eigenvalue weighted by atomic mass is 9.96. The second-order valence-electron chi connectivity index (χ2n) is 7.16. The van der Waals surface area contributed by atoms with Gasteiger partial charge in [-0.15, -0.1) is 0 Å². The molecule has 2 atom stereocenters. The van der Waals surface area contributed by atoms with Gasteiger partial charge in [-0.25, -0.2) is 4.39 Å². The summed E-state index contributed by atoms with van der Waals surface area (Å²) in [7, 11) is 5.24. The van der Waals surface area contributed by atoms with Crippen molar-refractivity contribution in [3.05, 3.63) is 65.5 Å². The molecule has 0 spiro atoms. The Morgan fingerprint density at radius 2 is 1.96 bits per heavy atom. The van der Waals surface area contributed by atoms with Gasteiger partial charge in [0.05, 0.1) is 6.61 Å². The van der Waals surface area contributed by atoms with Crippen LogP contribution in [0.2, 0.25) is 0 Å². The van der Waals surface area contributed by atoms with Crippen LogP contribution in [0.5, 0.6) is 5.75 Å². The standard InChI is InChI=1S/C22H27FN2O3/c1-24-21(26)22(15-27-3)13-12-20(25(22)2)16-8-10-18(11-9-16)28-14-17-6-4-5-7-19(17)23/h4-11,20H,12-15H2,1-3H3,(H,24,26)/t20-,22-/m1/s1. The molecule has 28 heavy (non-hydrogen) atoms. The third-order valence-corrected chi connectivity index (χ3v) is 5.62. The summed E-state index contributed by atoms with van der Waals surface area (Å²) in [6.45, 7) is 0.534. The normalized spacial score (nSPS) is 22.2. The van der Waals surface area contributed by atoms with E-state index in [1.807, 2.05) is 31.3 Å². The number of likely N-dealkylation sites (N-methyl/N-ethyl adjacent to an activating group) is 2. The molecule has 0 radical (unpaired) electrons. The lowest BCUT2D eigenvalue weighted by Gasteiger charge is -2.36. The molecule has 1 fully saturated rings. The Morgan fingerprint density at radius 3 is 2.61 bits per heavy atom. The Labute approximate surface area is 165 Å². The quantitative estimate of drug-likeness (QED) is 0.793. The van der Waals surface area contributed by atoms with Crippen LogP contribution >= 0.6 is 0 Å². The van der Waals surface area contributed by atoms with Gasteiger partial charge in [0.25, 0.3) is 0 Å². The summed E-state index contributed by atoms with van der Waals surface area (Å²) in [5.74, 6) is 0.390. The van der Waals surface area contributed by atoms with Crippen LogP contribution in [0.3, 0.4) is 0 Å². The van der Waals surface area contributed by atoms with Crippen molar-refractivity contribution in [2.75, 3.05) is 27.8 Å². The van der Waals surface area contributed by atoms with Crippen LogP contribution in [0.25, 0.3) is 0 Å². The first kappa shape index (κ1) is 20.3. The third-order valence-electron chi connectivity index (χ3n) is 5.62. The van der Waals surface area contributed by atoms with Gasteiger partial charge in [0.2, 0.25) is 5.91 Å². The van der Waals surface area contributed by atoms with Crippen LogP contribution in [-0.2, 0) is 16.1 Å². The van der Waals surface area contributed by atoms with E-state index in [0.717, 1.165) is 18.4 Å². The Balaban J connectivity index is 1.69. The number of likely N-dealkylation sites (tertiary alicyclic amines) is 1. The van der Waals surface area contributed by atoms with Crippen LogP contribution < -0.4 is 10.1 Å². The van der Waals surface area contributed by atoms with E-state index in [9.17, 15) is 9.18 Å². The maximum absolute atomic E-state index is 13.7. The van der Waals surface area contributed by atoms with Gasteiger partial charge in [-0.2, -0.15) is 0 Å². The van der Waals surface area contributed by atoms with Crippen LogP contribution in [0.15, 0.2) is 48.5 Å². The molecule has 1 heterocycles. The molecule has 1 amide bonds. The number of amides is 1. The molecule has 5 nitrogen and oxygen atoms in total. The number of methoxy groups -OCH3 is 1. The molecule has 1 saturated heterocycles. The minimum Gasteiger partial charge on any atom is -0.489 e. The summed E-state index contributed by atoms with van der Waals surface area (Å²) >= 11 is 0. The summed E-state index contributed by atoms with van der Waals surface area (Å²) in [4.78, 5) is 14.6. The molecule has 0 unspecified atom stereocenters. The van der Waals surface area contributed by atoms with E-state index in [1.54, 1.807) is 32.4 Å². The van der Waals surface area contributed by atoms with Gasteiger partial charge in [0.1, 0.15) is 23.7 Å². The number of ether oxygens (including phenoxy) is 2. The fourth-order valence-corrected chi connectivity index (χ4v) is 3.98. The first-order chi connectivity index (χ1) is 13.5. The highest BCUT2D eigenvalue weighted by Gasteiger charge is 2.49. The van der Waals surface area contributed by atoms with Gasteiger partial charge in [0, 0.05) is 25.8 Å². The molecule has 0 bridgehead atoms. The number of benzene rings is 2. The lowest BCUT2D eigenvalue weighted by Crippen LogP contribution is -2.56. The topological polar surface area (TPSA) is 50.8 Å². The van der Waals surface area contributed by atoms with Gasteiger partial charge in [-0.05, 0) is 43.7 Å². The molecule has 0 aromatic heterocycles. The van der Waals surface area contributed by atoms with E-state index in [0.29, 0.717) is 17.9 Å². The van der Waals surface area contributed by atoms with Gasteiger partial charge in [-0.3, -0.25) is 9.69 Å². The highest BCUT2D eigenvalue weighted by atomic mass is 19.1. The minimum atomic E-state index is -0.659. The van der Waals surface area contributed by atoms with Crippen molar-refractivity contribution < 1.29 is 18.7 Å². The van der Waals surface area contributed by atoms with Crippen molar-refractivity contribution in [1.29, 1.82) is 0 Å². The van der Waals surface area contributed by atoms with Gasteiger partial charge >= 0.3 is 0 Å². The molecule has 1 N–H and O–H groups in total. The maximum Gasteiger partial charge on any atom is 0.242 e. The van der Waals surface area contributed by atoms with Crippen molar-refractivity contribution in [2.24, 2.45) is 0 Å². The number of hydrogen-bond donors (Lipinski definition) is 1. The molecule has 2 aromatic rings. The zero-order valence-electron chi connectivity index (χ0n) is 16.6. The number of rotatable bonds is 7. The second-order valence-corrected chi connectivity index (χ2v) is 7.16. The predicted octanol–water partition coefficient (Wildman–Crippen LogP) is 3.30. The number of halogens is 1. The lowest BCUT2D eigenvalue weighted by molar-refractivity contribution is -0.134. The number of carbonyl (C=O) groups is 1. The van der Waals surface area contributed by atoms with Gasteiger partial charge in [0.15, 0.2) is 0 Å². The fraction of sp³-hybridized carbons (Fsp3) is 0.409. The maximum atomic E-state index is 13.7. The first-order valence-corrected chi connectivity index (χ1v) is 9.42. The molecule has 0 aliphatic carbocycles. The number of nitrogens with one attached hydrogen (secondary N) is 1. The fourth-order valence-electron chi connectivity index (χ4n) is 3.98. The SMILES string of the molecule is CNC(=O)[C@]1(COC)CC[C@H](c2ccc(OCc3ccccc3F)cc2)N1C. The average Bonchev–Trinajstić information content (AvgIpc) is 3.05. The molecular weight excluding hydrogens is 359 g/mol. The number of hydrogen-bond acceptors (Lipinski definition) is 4. The first-order valence-electron chi connectivity index (χ1n) is 9.42. The molecule has 1 aliphatic heterocycles. The van der Waals surface area contributed by atoms with E-state index in [2.05, 4.69) is 10.2 Å². The smallest absolute Gasteiger partial charge is 0.242 e. The van der Waals surface area contributed by atoms with E-state index >= 15 is 0 Å². The van der Waals surface area contributed by atoms with Crippen molar-refractivity contribution in [3.63, 3.8) is 0 Å². The van der Waals surface area contributed by atoms with Crippen molar-refractivity contribution in [2.45, 2.75) is 31.0 Å². The van der Waals surface area contributed by atoms with Crippen LogP contribution in [0.1, 0.15) is 30.0 Å². The average molecular weight is 386 g/mol. The zero-order chi connectivity index (χ0) is 20.1. The highest BCUT2D eigenvalue weighted by Crippen LogP contribution is 2.42. The van der Waals surface area contributed by atoms with Crippen molar-refractivity contribution in [3.8, 4) is 5.75 Å². The second kappa shape index (κ2) is 8.71. The van der Waals surface area contributed by atoms with Crippen molar-refractivity contribution >= 4 is 5.91 Å². The molecule has 0 saturated carbocycles. The van der Waals surface area contributed by atoms with E-state index in [-0.39, 0.29) is 24.4 Å². The summed E-state index contributed by atoms with van der Waals surface area (Å²) in [5.41, 5.74) is 0.980. The Morgan fingerprint density at radius 1 is 1.25 bits per heavy atom. The highest BCUT2D eigenvalue weighted by molar-refractivity contribution is 5.86. The van der Waals surface area contributed by atoms with Gasteiger partial charge in [-0.1, -0.05) is 30.3 Å². The third kappa shape index (κ3) is 3.88. The minimum absolute atomic E-state index is 0.0239. The number of nitrogens with zero attached hydrogens (tertiary/aromatic N) is 1. The zero-order valence-corrected chi connectivity index (χ0v) is 16.6. The molecule has 150 valence electrons. The molecule has 6 heteroatoms. The van der Waals surface area contributed by atoms with Gasteiger partial charge < -0.3 is 14.8 Å². The molecular formula is C22H27FN2O3. The van der Waals surface area contributed by atoms with Crippen LogP contribution in [0, 0.1) is 5.82 Å². The van der Waals surface area contributed by atoms with E-state index in [1.165, 1.54) is 6.07 Å². The largest absolute Gasteiger partial charge is 0.489 e. The van der Waals surface area contributed by atoms with E-state index < -0.39 is 5.54 Å². The Kier molecular flexibility index (Phi) is 6.31. The summed E-state index contributed by atoms with van der Waals surface area (Å²) in [6, 6.07) is 14.5. The molecule has 1 aliphatic rings. The van der Waals surface area contributed by atoms with Crippen LogP contribution in [0.4, 0.5) is 4.39 Å². The summed E-state index contributed by atoms with van der Waals surface area (Å²) < 4.78 is 24.8. The number of carbonyl (C=O) groups excluding carboxylic acids is 1. The summed E-state index contributed by atoms with van der Waals surface area (Å²) in [6.07, 6.45) is 1.59. The Hall–Kier alpha value is -2.44. The Bertz CT molecular complexity index is 812. The summed E-state index contributed by atoms with van der Waals surface area (Å²) in [5, 5.41) is 2.77. The van der Waals surface area contributed by atoms with Crippen molar-refractivity contribution in [1.82, 2.24) is 10.2 Å².